The third kappa shape index (κ3) is 3.33. The van der Waals surface area contributed by atoms with Crippen molar-refractivity contribution in [1.29, 1.82) is 0 Å². The Bertz CT molecular complexity index is 822. The number of piperidine rings is 1. The number of carbonyl (C=O) groups is 1. The second kappa shape index (κ2) is 5.70. The lowest BCUT2D eigenvalue weighted by molar-refractivity contribution is 0.0869. The van der Waals surface area contributed by atoms with Crippen LogP contribution in [-0.2, 0) is 0 Å². The Hall–Kier alpha value is -2.21. The summed E-state index contributed by atoms with van der Waals surface area (Å²) in [4.78, 5) is 24.6. The molecule has 0 atom stereocenters. The average molecular weight is 328 g/mol. The lowest BCUT2D eigenvalue weighted by atomic mass is 9.79. The van der Waals surface area contributed by atoms with Crippen molar-refractivity contribution < 1.29 is 4.79 Å². The molecule has 0 radical (unpaired) electrons. The van der Waals surface area contributed by atoms with Crippen LogP contribution >= 0.6 is 0 Å². The van der Waals surface area contributed by atoms with E-state index in [2.05, 4.69) is 48.5 Å². The zero-order valence-electron chi connectivity index (χ0n) is 14.6. The van der Waals surface area contributed by atoms with Crippen LogP contribution in [0.15, 0.2) is 29.1 Å². The lowest BCUT2D eigenvalue weighted by Crippen LogP contribution is -2.62. The molecule has 3 N–H and O–H groups in total. The average Bonchev–Trinajstić information content (AvgIpc) is 2.44. The van der Waals surface area contributed by atoms with E-state index in [0.29, 0.717) is 10.8 Å². The van der Waals surface area contributed by atoms with Gasteiger partial charge in [-0.05, 0) is 46.6 Å². The van der Waals surface area contributed by atoms with Gasteiger partial charge < -0.3 is 10.6 Å². The molecule has 1 aliphatic heterocycles. The van der Waals surface area contributed by atoms with Crippen LogP contribution in [0.1, 0.15) is 51.0 Å². The molecule has 1 aromatic heterocycles. The van der Waals surface area contributed by atoms with Crippen molar-refractivity contribution in [2.75, 3.05) is 0 Å². The maximum absolute atomic E-state index is 12.7. The Morgan fingerprint density at radius 2 is 1.71 bits per heavy atom. The summed E-state index contributed by atoms with van der Waals surface area (Å²) in [5.41, 5.74) is -0.133. The summed E-state index contributed by atoms with van der Waals surface area (Å²) in [7, 11) is 0. The smallest absolute Gasteiger partial charge is 0.272 e. The summed E-state index contributed by atoms with van der Waals surface area (Å²) >= 11 is 0. The Kier molecular flexibility index (Phi) is 3.95. The zero-order chi connectivity index (χ0) is 17.5. The fourth-order valence-corrected chi connectivity index (χ4v) is 3.97. The van der Waals surface area contributed by atoms with Gasteiger partial charge in [-0.15, -0.1) is 0 Å². The molecule has 128 valence electrons. The van der Waals surface area contributed by atoms with E-state index in [1.54, 1.807) is 24.3 Å². The van der Waals surface area contributed by atoms with Gasteiger partial charge in [-0.3, -0.25) is 9.59 Å². The van der Waals surface area contributed by atoms with E-state index in [1.807, 2.05) is 0 Å². The minimum absolute atomic E-state index is 0.0521. The topological polar surface area (TPSA) is 86.9 Å². The number of hydrogen-bond acceptors (Lipinski definition) is 4. The molecular formula is C18H24N4O2. The molecule has 6 nitrogen and oxygen atoms in total. The molecule has 3 rings (SSSR count). The van der Waals surface area contributed by atoms with E-state index in [9.17, 15) is 9.59 Å². The number of aromatic nitrogens is 2. The molecular weight excluding hydrogens is 304 g/mol. The van der Waals surface area contributed by atoms with E-state index < -0.39 is 0 Å². The van der Waals surface area contributed by atoms with Gasteiger partial charge in [0, 0.05) is 22.5 Å². The van der Waals surface area contributed by atoms with E-state index in [0.717, 1.165) is 12.8 Å². The maximum Gasteiger partial charge on any atom is 0.272 e. The van der Waals surface area contributed by atoms with E-state index >= 15 is 0 Å². The van der Waals surface area contributed by atoms with Crippen molar-refractivity contribution in [1.82, 2.24) is 20.8 Å². The number of amides is 1. The van der Waals surface area contributed by atoms with Crippen LogP contribution in [0.2, 0.25) is 0 Å². The number of rotatable bonds is 2. The molecule has 0 spiro atoms. The first kappa shape index (κ1) is 16.6. The third-order valence-electron chi connectivity index (χ3n) is 4.44. The molecule has 2 heterocycles. The van der Waals surface area contributed by atoms with Gasteiger partial charge in [0.05, 0.1) is 5.39 Å². The van der Waals surface area contributed by atoms with Crippen molar-refractivity contribution in [2.45, 2.75) is 57.7 Å². The first-order chi connectivity index (χ1) is 11.2. The minimum atomic E-state index is -0.286. The summed E-state index contributed by atoms with van der Waals surface area (Å²) in [6.45, 7) is 8.56. The standard InChI is InChI=1S/C18H24N4O2/c1-17(2)9-11(10-18(3,4)22-17)19-16(24)14-12-7-5-6-8-13(12)15(23)21-20-14/h5-8,11,22H,9-10H2,1-4H3,(H,19,24)(H,21,23). The highest BCUT2D eigenvalue weighted by molar-refractivity contribution is 6.04. The third-order valence-corrected chi connectivity index (χ3v) is 4.44. The largest absolute Gasteiger partial charge is 0.348 e. The SMILES string of the molecule is CC1(C)CC(NC(=O)c2n[nH]c(=O)c3ccccc23)CC(C)(C)N1. The summed E-state index contributed by atoms with van der Waals surface area (Å²) < 4.78 is 0. The molecule has 24 heavy (non-hydrogen) atoms. The molecule has 1 fully saturated rings. The van der Waals surface area contributed by atoms with Crippen molar-refractivity contribution in [3.05, 3.63) is 40.3 Å². The zero-order valence-corrected chi connectivity index (χ0v) is 14.6. The molecule has 0 aliphatic carbocycles. The Balaban J connectivity index is 1.88. The Morgan fingerprint density at radius 1 is 1.12 bits per heavy atom. The number of H-pyrrole nitrogens is 1. The van der Waals surface area contributed by atoms with Gasteiger partial charge in [-0.2, -0.15) is 5.10 Å². The van der Waals surface area contributed by atoms with Crippen molar-refractivity contribution in [3.8, 4) is 0 Å². The monoisotopic (exact) mass is 328 g/mol. The normalized spacial score (nSPS) is 20.0. The second-order valence-corrected chi connectivity index (χ2v) is 7.92. The molecule has 1 aliphatic rings. The van der Waals surface area contributed by atoms with E-state index in [4.69, 9.17) is 0 Å². The lowest BCUT2D eigenvalue weighted by Gasteiger charge is -2.46. The quantitative estimate of drug-likeness (QED) is 0.786. The molecule has 0 unspecified atom stereocenters. The number of hydrogen-bond donors (Lipinski definition) is 3. The summed E-state index contributed by atoms with van der Waals surface area (Å²) in [6.07, 6.45) is 1.67. The molecule has 1 saturated heterocycles. The van der Waals surface area contributed by atoms with Crippen LogP contribution in [0.4, 0.5) is 0 Å². The highest BCUT2D eigenvalue weighted by Crippen LogP contribution is 2.28. The van der Waals surface area contributed by atoms with Gasteiger partial charge in [0.15, 0.2) is 5.69 Å². The van der Waals surface area contributed by atoms with Crippen LogP contribution in [0.25, 0.3) is 10.8 Å². The number of aromatic amines is 1. The van der Waals surface area contributed by atoms with Gasteiger partial charge in [-0.1, -0.05) is 18.2 Å². The molecule has 1 aromatic carbocycles. The van der Waals surface area contributed by atoms with Crippen LogP contribution < -0.4 is 16.2 Å². The molecule has 2 aromatic rings. The second-order valence-electron chi connectivity index (χ2n) is 7.92. The Labute approximate surface area is 141 Å². The highest BCUT2D eigenvalue weighted by atomic mass is 16.2. The van der Waals surface area contributed by atoms with Crippen molar-refractivity contribution in [2.24, 2.45) is 0 Å². The maximum atomic E-state index is 12.7. The van der Waals surface area contributed by atoms with Crippen LogP contribution in [0.5, 0.6) is 0 Å². The summed E-state index contributed by atoms with van der Waals surface area (Å²) in [5, 5.41) is 14.1. The molecule has 0 saturated carbocycles. The number of carbonyl (C=O) groups excluding carboxylic acids is 1. The molecule has 1 amide bonds. The van der Waals surface area contributed by atoms with E-state index in [1.165, 1.54) is 0 Å². The number of nitrogens with zero attached hydrogens (tertiary/aromatic N) is 1. The fraction of sp³-hybridized carbons (Fsp3) is 0.500. The van der Waals surface area contributed by atoms with Crippen LogP contribution in [0.3, 0.4) is 0 Å². The van der Waals surface area contributed by atoms with Crippen molar-refractivity contribution in [3.63, 3.8) is 0 Å². The van der Waals surface area contributed by atoms with Crippen molar-refractivity contribution >= 4 is 16.7 Å². The molecule has 0 bridgehead atoms. The highest BCUT2D eigenvalue weighted by Gasteiger charge is 2.38. The summed E-state index contributed by atoms with van der Waals surface area (Å²) in [6, 6.07) is 7.08. The van der Waals surface area contributed by atoms with Crippen LogP contribution in [-0.4, -0.2) is 33.2 Å². The summed E-state index contributed by atoms with van der Waals surface area (Å²) in [5.74, 6) is -0.249. The first-order valence-electron chi connectivity index (χ1n) is 8.25. The van der Waals surface area contributed by atoms with Gasteiger partial charge in [0.25, 0.3) is 11.5 Å². The van der Waals surface area contributed by atoms with Gasteiger partial charge in [0.1, 0.15) is 0 Å². The molecule has 6 heteroatoms. The Morgan fingerprint density at radius 3 is 2.33 bits per heavy atom. The van der Waals surface area contributed by atoms with E-state index in [-0.39, 0.29) is 34.3 Å². The number of nitrogens with one attached hydrogen (secondary N) is 3. The van der Waals surface area contributed by atoms with Gasteiger partial charge in [-0.25, -0.2) is 5.10 Å². The minimum Gasteiger partial charge on any atom is -0.348 e. The number of fused-ring (bicyclic) bond motifs is 1. The van der Waals surface area contributed by atoms with Crippen LogP contribution in [0, 0.1) is 0 Å². The predicted molar refractivity (Wildman–Crippen MR) is 94.1 cm³/mol. The predicted octanol–water partition coefficient (Wildman–Crippen LogP) is 1.96. The first-order valence-corrected chi connectivity index (χ1v) is 8.25. The van der Waals surface area contributed by atoms with Gasteiger partial charge >= 0.3 is 0 Å². The van der Waals surface area contributed by atoms with Gasteiger partial charge in [0.2, 0.25) is 0 Å². The fourth-order valence-electron chi connectivity index (χ4n) is 3.97. The number of benzene rings is 1.